The third-order valence-corrected chi connectivity index (χ3v) is 5.49. The lowest BCUT2D eigenvalue weighted by atomic mass is 9.96. The third kappa shape index (κ3) is 3.12. The van der Waals surface area contributed by atoms with Crippen LogP contribution < -0.4 is 0 Å². The predicted octanol–water partition coefficient (Wildman–Crippen LogP) is 2.24. The summed E-state index contributed by atoms with van der Waals surface area (Å²) in [5, 5.41) is 1.04. The fourth-order valence-corrected chi connectivity index (χ4v) is 3.94. The Bertz CT molecular complexity index is 503. The molecule has 0 spiro atoms. The summed E-state index contributed by atoms with van der Waals surface area (Å²) in [5.74, 6) is 0.557. The fraction of sp³-hybridized carbons (Fsp3) is 0.733. The first kappa shape index (κ1) is 14.9. The van der Waals surface area contributed by atoms with Gasteiger partial charge in [0.1, 0.15) is 4.88 Å². The van der Waals surface area contributed by atoms with Crippen molar-refractivity contribution in [3.63, 3.8) is 0 Å². The van der Waals surface area contributed by atoms with E-state index in [1.807, 2.05) is 11.8 Å². The van der Waals surface area contributed by atoms with Gasteiger partial charge in [-0.1, -0.05) is 6.92 Å². The number of likely N-dealkylation sites (tertiary alicyclic amines) is 1. The zero-order chi connectivity index (χ0) is 14.8. The van der Waals surface area contributed by atoms with Gasteiger partial charge in [0.25, 0.3) is 5.91 Å². The molecular weight excluding hydrogens is 288 g/mol. The molecule has 1 amide bonds. The van der Waals surface area contributed by atoms with Crippen molar-refractivity contribution in [1.29, 1.82) is 0 Å². The van der Waals surface area contributed by atoms with Crippen LogP contribution in [0.3, 0.4) is 0 Å². The molecule has 2 aliphatic heterocycles. The van der Waals surface area contributed by atoms with Gasteiger partial charge in [-0.3, -0.25) is 4.79 Å². The Hall–Kier alpha value is -0.980. The SMILES string of the molecule is CCc1nc(C)c(C(=O)N2CCC(C3OCCO3)CC2)s1. The van der Waals surface area contributed by atoms with Crippen LogP contribution in [0.2, 0.25) is 0 Å². The zero-order valence-corrected chi connectivity index (χ0v) is 13.4. The van der Waals surface area contributed by atoms with E-state index in [4.69, 9.17) is 9.47 Å². The first-order chi connectivity index (χ1) is 10.2. The molecule has 3 rings (SSSR count). The zero-order valence-electron chi connectivity index (χ0n) is 12.6. The van der Waals surface area contributed by atoms with Crippen molar-refractivity contribution in [2.24, 2.45) is 5.92 Å². The number of aryl methyl sites for hydroxylation is 2. The predicted molar refractivity (Wildman–Crippen MR) is 80.5 cm³/mol. The standard InChI is InChI=1S/C15H22N2O3S/c1-3-12-16-10(2)13(21-12)14(18)17-6-4-11(5-7-17)15-19-8-9-20-15/h11,15H,3-9H2,1-2H3. The minimum absolute atomic E-state index is 0.0564. The van der Waals surface area contributed by atoms with Crippen molar-refractivity contribution in [2.45, 2.75) is 39.4 Å². The smallest absolute Gasteiger partial charge is 0.265 e. The summed E-state index contributed by atoms with van der Waals surface area (Å²) in [6.07, 6.45) is 2.74. The van der Waals surface area contributed by atoms with Crippen LogP contribution in [0.4, 0.5) is 0 Å². The second kappa shape index (κ2) is 6.42. The number of ether oxygens (including phenoxy) is 2. The van der Waals surface area contributed by atoms with E-state index < -0.39 is 0 Å². The van der Waals surface area contributed by atoms with Gasteiger partial charge >= 0.3 is 0 Å². The number of nitrogens with zero attached hydrogens (tertiary/aromatic N) is 2. The van der Waals surface area contributed by atoms with Crippen molar-refractivity contribution in [2.75, 3.05) is 26.3 Å². The molecule has 0 unspecified atom stereocenters. The molecule has 0 radical (unpaired) electrons. The lowest BCUT2D eigenvalue weighted by molar-refractivity contribution is -0.0956. The van der Waals surface area contributed by atoms with E-state index in [1.54, 1.807) is 0 Å². The van der Waals surface area contributed by atoms with Crippen molar-refractivity contribution in [1.82, 2.24) is 9.88 Å². The second-order valence-electron chi connectivity index (χ2n) is 5.62. The van der Waals surface area contributed by atoms with Crippen LogP contribution >= 0.6 is 11.3 Å². The highest BCUT2D eigenvalue weighted by Gasteiger charge is 2.32. The van der Waals surface area contributed by atoms with E-state index in [0.29, 0.717) is 19.1 Å². The van der Waals surface area contributed by atoms with Crippen LogP contribution in [0.5, 0.6) is 0 Å². The van der Waals surface area contributed by atoms with Gasteiger partial charge in [0.05, 0.1) is 23.9 Å². The number of hydrogen-bond acceptors (Lipinski definition) is 5. The van der Waals surface area contributed by atoms with Crippen molar-refractivity contribution in [3.8, 4) is 0 Å². The number of aromatic nitrogens is 1. The van der Waals surface area contributed by atoms with Crippen LogP contribution in [0.25, 0.3) is 0 Å². The topological polar surface area (TPSA) is 51.7 Å². The average Bonchev–Trinajstić information content (AvgIpc) is 3.16. The first-order valence-corrected chi connectivity index (χ1v) is 8.49. The van der Waals surface area contributed by atoms with E-state index in [2.05, 4.69) is 11.9 Å². The highest BCUT2D eigenvalue weighted by molar-refractivity contribution is 7.13. The highest BCUT2D eigenvalue weighted by Crippen LogP contribution is 2.28. The Morgan fingerprint density at radius 3 is 2.57 bits per heavy atom. The maximum atomic E-state index is 12.6. The molecule has 3 heterocycles. The summed E-state index contributed by atoms with van der Waals surface area (Å²) in [7, 11) is 0. The molecule has 2 saturated heterocycles. The molecule has 6 heteroatoms. The number of rotatable bonds is 3. The summed E-state index contributed by atoms with van der Waals surface area (Å²) in [6, 6.07) is 0. The number of hydrogen-bond donors (Lipinski definition) is 0. The Balaban J connectivity index is 1.60. The largest absolute Gasteiger partial charge is 0.350 e. The van der Waals surface area contributed by atoms with Gasteiger partial charge in [-0.2, -0.15) is 0 Å². The maximum absolute atomic E-state index is 12.6. The van der Waals surface area contributed by atoms with Gasteiger partial charge in [-0.25, -0.2) is 4.98 Å². The monoisotopic (exact) mass is 310 g/mol. The van der Waals surface area contributed by atoms with E-state index in [9.17, 15) is 4.79 Å². The average molecular weight is 310 g/mol. The van der Waals surface area contributed by atoms with Gasteiger partial charge < -0.3 is 14.4 Å². The minimum atomic E-state index is -0.0564. The Labute approximate surface area is 129 Å². The molecule has 5 nitrogen and oxygen atoms in total. The molecule has 0 atom stereocenters. The molecule has 0 N–H and O–H groups in total. The molecule has 1 aromatic heterocycles. The normalized spacial score (nSPS) is 21.1. The molecule has 21 heavy (non-hydrogen) atoms. The van der Waals surface area contributed by atoms with Crippen LogP contribution in [0, 0.1) is 12.8 Å². The van der Waals surface area contributed by atoms with Gasteiger partial charge in [-0.05, 0) is 26.2 Å². The summed E-state index contributed by atoms with van der Waals surface area (Å²) in [6.45, 7) is 6.96. The molecule has 0 saturated carbocycles. The number of carbonyl (C=O) groups excluding carboxylic acids is 1. The molecule has 2 aliphatic rings. The number of carbonyl (C=O) groups is 1. The molecule has 1 aromatic rings. The number of thiazole rings is 1. The van der Waals surface area contributed by atoms with Crippen LogP contribution in [-0.2, 0) is 15.9 Å². The van der Waals surface area contributed by atoms with Gasteiger partial charge in [0.2, 0.25) is 0 Å². The first-order valence-electron chi connectivity index (χ1n) is 7.67. The van der Waals surface area contributed by atoms with E-state index in [-0.39, 0.29) is 12.2 Å². The van der Waals surface area contributed by atoms with Gasteiger partial charge in [0.15, 0.2) is 6.29 Å². The maximum Gasteiger partial charge on any atom is 0.265 e. The Kier molecular flexibility index (Phi) is 4.57. The van der Waals surface area contributed by atoms with Crippen LogP contribution in [0.1, 0.15) is 40.1 Å². The van der Waals surface area contributed by atoms with Crippen molar-refractivity contribution >= 4 is 17.2 Å². The van der Waals surface area contributed by atoms with Gasteiger partial charge in [0, 0.05) is 19.0 Å². The summed E-state index contributed by atoms with van der Waals surface area (Å²) < 4.78 is 11.2. The lowest BCUT2D eigenvalue weighted by Crippen LogP contribution is -2.41. The number of piperidine rings is 1. The summed E-state index contributed by atoms with van der Waals surface area (Å²) >= 11 is 1.54. The fourth-order valence-electron chi connectivity index (χ4n) is 2.97. The second-order valence-corrected chi connectivity index (χ2v) is 6.70. The van der Waals surface area contributed by atoms with Crippen LogP contribution in [-0.4, -0.2) is 48.4 Å². The number of amides is 1. The third-order valence-electron chi connectivity index (χ3n) is 4.20. The summed E-state index contributed by atoms with van der Waals surface area (Å²) in [4.78, 5) is 19.8. The van der Waals surface area contributed by atoms with Crippen molar-refractivity contribution < 1.29 is 14.3 Å². The minimum Gasteiger partial charge on any atom is -0.350 e. The Morgan fingerprint density at radius 2 is 2.00 bits per heavy atom. The molecule has 0 bridgehead atoms. The molecule has 0 aliphatic carbocycles. The quantitative estimate of drug-likeness (QED) is 0.859. The Morgan fingerprint density at radius 1 is 1.33 bits per heavy atom. The van der Waals surface area contributed by atoms with E-state index in [1.165, 1.54) is 11.3 Å². The van der Waals surface area contributed by atoms with Crippen molar-refractivity contribution in [3.05, 3.63) is 15.6 Å². The van der Waals surface area contributed by atoms with Gasteiger partial charge in [-0.15, -0.1) is 11.3 Å². The summed E-state index contributed by atoms with van der Waals surface area (Å²) in [5.41, 5.74) is 0.867. The highest BCUT2D eigenvalue weighted by atomic mass is 32.1. The molecule has 116 valence electrons. The van der Waals surface area contributed by atoms with E-state index in [0.717, 1.165) is 47.9 Å². The molecule has 2 fully saturated rings. The van der Waals surface area contributed by atoms with Crippen LogP contribution in [0.15, 0.2) is 0 Å². The van der Waals surface area contributed by atoms with E-state index >= 15 is 0 Å². The molecule has 0 aromatic carbocycles. The lowest BCUT2D eigenvalue weighted by Gasteiger charge is -2.33. The molecular formula is C15H22N2O3S.